The second-order valence-electron chi connectivity index (χ2n) is 4.91. The monoisotopic (exact) mass is 323 g/mol. The summed E-state index contributed by atoms with van der Waals surface area (Å²) in [5.41, 5.74) is 1.43. The molecule has 0 spiro atoms. The van der Waals surface area contributed by atoms with Crippen molar-refractivity contribution in [1.29, 1.82) is 5.26 Å². The van der Waals surface area contributed by atoms with E-state index in [1.165, 1.54) is 37.4 Å². The predicted molar refractivity (Wildman–Crippen MR) is 88.8 cm³/mol. The first-order valence-electron chi connectivity index (χ1n) is 7.04. The van der Waals surface area contributed by atoms with Crippen molar-refractivity contribution in [2.24, 2.45) is 0 Å². The van der Waals surface area contributed by atoms with E-state index >= 15 is 0 Å². The van der Waals surface area contributed by atoms with Crippen molar-refractivity contribution in [3.63, 3.8) is 0 Å². The number of nitrogens with zero attached hydrogens (tertiary/aromatic N) is 1. The van der Waals surface area contributed by atoms with Crippen molar-refractivity contribution in [2.45, 2.75) is 6.92 Å². The van der Waals surface area contributed by atoms with Crippen LogP contribution in [0.3, 0.4) is 0 Å². The Morgan fingerprint density at radius 1 is 1.04 bits per heavy atom. The smallest absolute Gasteiger partial charge is 0.267 e. The molecule has 0 aromatic heterocycles. The highest BCUT2D eigenvalue weighted by atomic mass is 19.1. The Hall–Kier alpha value is -3.46. The van der Waals surface area contributed by atoms with Crippen molar-refractivity contribution in [3.05, 3.63) is 71.7 Å². The third-order valence-electron chi connectivity index (χ3n) is 3.14. The SMILES string of the molecule is CC(=O)c1ccc(N/C=C(/C#N)C(=O)Nc2ccc(F)cc2)cc1. The quantitative estimate of drug-likeness (QED) is 0.501. The van der Waals surface area contributed by atoms with Gasteiger partial charge in [-0.3, -0.25) is 9.59 Å². The van der Waals surface area contributed by atoms with Crippen molar-refractivity contribution in [3.8, 4) is 6.07 Å². The van der Waals surface area contributed by atoms with E-state index in [0.717, 1.165) is 0 Å². The molecule has 0 fully saturated rings. The first kappa shape index (κ1) is 16.9. The van der Waals surface area contributed by atoms with Crippen LogP contribution in [0.5, 0.6) is 0 Å². The lowest BCUT2D eigenvalue weighted by atomic mass is 10.1. The molecule has 1 amide bonds. The van der Waals surface area contributed by atoms with Gasteiger partial charge in [0.2, 0.25) is 0 Å². The number of amides is 1. The zero-order valence-corrected chi connectivity index (χ0v) is 12.8. The Balaban J connectivity index is 2.05. The lowest BCUT2D eigenvalue weighted by Gasteiger charge is -2.05. The van der Waals surface area contributed by atoms with Crippen LogP contribution in [0.25, 0.3) is 0 Å². The number of rotatable bonds is 5. The summed E-state index contributed by atoms with van der Waals surface area (Å²) in [6.45, 7) is 1.47. The molecule has 0 aliphatic carbocycles. The molecule has 2 aromatic rings. The maximum atomic E-state index is 12.8. The third-order valence-corrected chi connectivity index (χ3v) is 3.14. The van der Waals surface area contributed by atoms with Gasteiger partial charge >= 0.3 is 0 Å². The van der Waals surface area contributed by atoms with Crippen LogP contribution >= 0.6 is 0 Å². The molecule has 5 nitrogen and oxygen atoms in total. The average molecular weight is 323 g/mol. The van der Waals surface area contributed by atoms with Gasteiger partial charge in [-0.2, -0.15) is 5.26 Å². The molecular formula is C18H14FN3O2. The third kappa shape index (κ3) is 4.52. The van der Waals surface area contributed by atoms with Crippen LogP contribution in [-0.2, 0) is 4.79 Å². The molecule has 0 saturated carbocycles. The highest BCUT2D eigenvalue weighted by Gasteiger charge is 2.09. The molecule has 2 rings (SSSR count). The summed E-state index contributed by atoms with van der Waals surface area (Å²) < 4.78 is 12.8. The van der Waals surface area contributed by atoms with Gasteiger partial charge in [-0.15, -0.1) is 0 Å². The van der Waals surface area contributed by atoms with Gasteiger partial charge in [-0.25, -0.2) is 4.39 Å². The minimum Gasteiger partial charge on any atom is -0.360 e. The number of benzene rings is 2. The standard InChI is InChI=1S/C18H14FN3O2/c1-12(23)13-2-6-16(7-3-13)21-11-14(10-20)18(24)22-17-8-4-15(19)5-9-17/h2-9,11,21H,1H3,(H,22,24)/b14-11-. The molecule has 2 N–H and O–H groups in total. The molecule has 0 saturated heterocycles. The van der Waals surface area contributed by atoms with Crippen molar-refractivity contribution in [2.75, 3.05) is 10.6 Å². The van der Waals surface area contributed by atoms with Gasteiger partial charge in [0.15, 0.2) is 5.78 Å². The summed E-state index contributed by atoms with van der Waals surface area (Å²) in [7, 11) is 0. The van der Waals surface area contributed by atoms with Crippen LogP contribution in [-0.4, -0.2) is 11.7 Å². The minimum absolute atomic E-state index is 0.0477. The van der Waals surface area contributed by atoms with Crippen LogP contribution < -0.4 is 10.6 Å². The number of halogens is 1. The zero-order chi connectivity index (χ0) is 17.5. The molecule has 0 radical (unpaired) electrons. The number of Topliss-reactive ketones (excluding diaryl/α,β-unsaturated/α-hetero) is 1. The van der Waals surface area contributed by atoms with E-state index in [9.17, 15) is 14.0 Å². The lowest BCUT2D eigenvalue weighted by molar-refractivity contribution is -0.112. The van der Waals surface area contributed by atoms with E-state index in [0.29, 0.717) is 16.9 Å². The molecule has 0 bridgehead atoms. The minimum atomic E-state index is -0.614. The molecule has 0 aliphatic rings. The molecule has 120 valence electrons. The van der Waals surface area contributed by atoms with Gasteiger partial charge in [0.25, 0.3) is 5.91 Å². The van der Waals surface area contributed by atoms with E-state index in [1.807, 2.05) is 0 Å². The topological polar surface area (TPSA) is 82.0 Å². The average Bonchev–Trinajstić information content (AvgIpc) is 2.58. The summed E-state index contributed by atoms with van der Waals surface area (Å²) in [5.74, 6) is -1.08. The summed E-state index contributed by atoms with van der Waals surface area (Å²) in [6, 6.07) is 13.6. The second kappa shape index (κ2) is 7.70. The highest BCUT2D eigenvalue weighted by molar-refractivity contribution is 6.06. The van der Waals surface area contributed by atoms with E-state index in [4.69, 9.17) is 5.26 Å². The van der Waals surface area contributed by atoms with E-state index in [2.05, 4.69) is 10.6 Å². The number of ketones is 1. The maximum Gasteiger partial charge on any atom is 0.267 e. The summed E-state index contributed by atoms with van der Waals surface area (Å²) in [4.78, 5) is 23.2. The summed E-state index contributed by atoms with van der Waals surface area (Å²) in [6.07, 6.45) is 1.27. The molecule has 0 aliphatic heterocycles. The molecular weight excluding hydrogens is 309 g/mol. The Bertz CT molecular complexity index is 819. The molecule has 24 heavy (non-hydrogen) atoms. The predicted octanol–water partition coefficient (Wildman–Crippen LogP) is 3.49. The normalized spacial score (nSPS) is 10.6. The largest absolute Gasteiger partial charge is 0.360 e. The van der Waals surface area contributed by atoms with Crippen LogP contribution in [0.1, 0.15) is 17.3 Å². The first-order valence-corrected chi connectivity index (χ1v) is 7.04. The fraction of sp³-hybridized carbons (Fsp3) is 0.0556. The van der Waals surface area contributed by atoms with Gasteiger partial charge in [0.1, 0.15) is 17.5 Å². The van der Waals surface area contributed by atoms with Gasteiger partial charge in [0, 0.05) is 23.1 Å². The fourth-order valence-corrected chi connectivity index (χ4v) is 1.84. The fourth-order valence-electron chi connectivity index (χ4n) is 1.84. The molecule has 0 atom stereocenters. The zero-order valence-electron chi connectivity index (χ0n) is 12.8. The van der Waals surface area contributed by atoms with Crippen LogP contribution in [0.15, 0.2) is 60.3 Å². The number of hydrogen-bond donors (Lipinski definition) is 2. The highest BCUT2D eigenvalue weighted by Crippen LogP contribution is 2.12. The van der Waals surface area contributed by atoms with E-state index in [-0.39, 0.29) is 11.4 Å². The molecule has 0 heterocycles. The lowest BCUT2D eigenvalue weighted by Crippen LogP contribution is -2.14. The van der Waals surface area contributed by atoms with Crippen molar-refractivity contribution in [1.82, 2.24) is 0 Å². The van der Waals surface area contributed by atoms with Gasteiger partial charge in [0.05, 0.1) is 0 Å². The van der Waals surface area contributed by atoms with Gasteiger partial charge in [-0.05, 0) is 55.5 Å². The Labute approximate surface area is 138 Å². The second-order valence-corrected chi connectivity index (χ2v) is 4.91. The Morgan fingerprint density at radius 2 is 1.62 bits per heavy atom. The van der Waals surface area contributed by atoms with Gasteiger partial charge < -0.3 is 10.6 Å². The van der Waals surface area contributed by atoms with Crippen LogP contribution in [0.4, 0.5) is 15.8 Å². The van der Waals surface area contributed by atoms with E-state index < -0.39 is 11.7 Å². The Kier molecular flexibility index (Phi) is 5.42. The summed E-state index contributed by atoms with van der Waals surface area (Å²) >= 11 is 0. The van der Waals surface area contributed by atoms with Crippen molar-refractivity contribution >= 4 is 23.1 Å². The Morgan fingerprint density at radius 3 is 2.17 bits per heavy atom. The number of hydrogen-bond acceptors (Lipinski definition) is 4. The van der Waals surface area contributed by atoms with Crippen LogP contribution in [0, 0.1) is 17.1 Å². The number of carbonyl (C=O) groups excluding carboxylic acids is 2. The maximum absolute atomic E-state index is 12.8. The van der Waals surface area contributed by atoms with E-state index in [1.54, 1.807) is 30.3 Å². The first-order chi connectivity index (χ1) is 11.5. The molecule has 6 heteroatoms. The van der Waals surface area contributed by atoms with Crippen LogP contribution in [0.2, 0.25) is 0 Å². The number of anilines is 2. The molecule has 2 aromatic carbocycles. The summed E-state index contributed by atoms with van der Waals surface area (Å²) in [5, 5.41) is 14.4. The number of carbonyl (C=O) groups is 2. The number of nitrogens with one attached hydrogen (secondary N) is 2. The van der Waals surface area contributed by atoms with Gasteiger partial charge in [-0.1, -0.05) is 0 Å². The number of nitriles is 1. The van der Waals surface area contributed by atoms with Crippen molar-refractivity contribution < 1.29 is 14.0 Å². The molecule has 0 unspecified atom stereocenters.